The van der Waals surface area contributed by atoms with Crippen LogP contribution >= 0.6 is 0 Å². The molecule has 1 heterocycles. The van der Waals surface area contributed by atoms with E-state index in [2.05, 4.69) is 24.3 Å². The fourth-order valence-corrected chi connectivity index (χ4v) is 4.14. The van der Waals surface area contributed by atoms with Gasteiger partial charge in [-0.05, 0) is 39.8 Å². The lowest BCUT2D eigenvalue weighted by Gasteiger charge is -2.43. The first-order valence-electron chi connectivity index (χ1n) is 9.60. The van der Waals surface area contributed by atoms with Crippen LogP contribution in [0, 0.1) is 11.8 Å². The minimum Gasteiger partial charge on any atom is -0.354 e. The number of carbonyl (C=O) groups is 2. The molecule has 0 bridgehead atoms. The van der Waals surface area contributed by atoms with Crippen LogP contribution in [-0.2, 0) is 9.59 Å². The number of rotatable bonds is 5. The van der Waals surface area contributed by atoms with Crippen molar-refractivity contribution in [3.8, 4) is 0 Å². The van der Waals surface area contributed by atoms with E-state index >= 15 is 0 Å². The van der Waals surface area contributed by atoms with E-state index in [1.54, 1.807) is 0 Å². The summed E-state index contributed by atoms with van der Waals surface area (Å²) in [4.78, 5) is 29.0. The van der Waals surface area contributed by atoms with Crippen LogP contribution in [0.15, 0.2) is 0 Å². The molecule has 24 heavy (non-hydrogen) atoms. The summed E-state index contributed by atoms with van der Waals surface area (Å²) >= 11 is 0. The zero-order valence-electron chi connectivity index (χ0n) is 15.9. The number of amides is 2. The third-order valence-corrected chi connectivity index (χ3v) is 5.92. The highest BCUT2D eigenvalue weighted by Crippen LogP contribution is 2.31. The van der Waals surface area contributed by atoms with Crippen LogP contribution in [0.1, 0.15) is 58.8 Å². The van der Waals surface area contributed by atoms with Crippen molar-refractivity contribution in [2.75, 3.05) is 33.7 Å². The van der Waals surface area contributed by atoms with Crippen molar-refractivity contribution in [2.24, 2.45) is 11.8 Å². The summed E-state index contributed by atoms with van der Waals surface area (Å²) in [5.74, 6) is 0.253. The van der Waals surface area contributed by atoms with Crippen LogP contribution < -0.4 is 5.32 Å². The van der Waals surface area contributed by atoms with Gasteiger partial charge in [-0.1, -0.05) is 33.1 Å². The zero-order chi connectivity index (χ0) is 17.7. The monoisotopic (exact) mass is 337 g/mol. The molecule has 1 atom stereocenters. The lowest BCUT2D eigenvalue weighted by atomic mass is 9.80. The van der Waals surface area contributed by atoms with E-state index in [0.29, 0.717) is 6.54 Å². The Morgan fingerprint density at radius 1 is 1.17 bits per heavy atom. The number of likely N-dealkylation sites (tertiary alicyclic amines) is 1. The minimum absolute atomic E-state index is 0.00561. The number of likely N-dealkylation sites (N-methyl/N-ethyl adjacent to an activating group) is 1. The van der Waals surface area contributed by atoms with Gasteiger partial charge in [0, 0.05) is 31.1 Å². The highest BCUT2D eigenvalue weighted by atomic mass is 16.2. The van der Waals surface area contributed by atoms with Crippen LogP contribution in [-0.4, -0.2) is 60.9 Å². The van der Waals surface area contributed by atoms with Gasteiger partial charge in [0.1, 0.15) is 0 Å². The summed E-state index contributed by atoms with van der Waals surface area (Å²) in [6.07, 6.45) is 7.92. The van der Waals surface area contributed by atoms with Crippen molar-refractivity contribution in [3.05, 3.63) is 0 Å². The Kier molecular flexibility index (Phi) is 6.67. The Bertz CT molecular complexity index is 442. The number of hydrogen-bond donors (Lipinski definition) is 1. The molecule has 1 N–H and O–H groups in total. The minimum atomic E-state index is -0.0516. The van der Waals surface area contributed by atoms with E-state index in [1.165, 1.54) is 19.3 Å². The summed E-state index contributed by atoms with van der Waals surface area (Å²) in [7, 11) is 4.25. The number of nitrogens with one attached hydrogen (secondary N) is 1. The largest absolute Gasteiger partial charge is 0.354 e. The van der Waals surface area contributed by atoms with Crippen molar-refractivity contribution in [1.82, 2.24) is 15.1 Å². The second kappa shape index (κ2) is 8.32. The molecule has 2 aliphatic rings. The van der Waals surface area contributed by atoms with Gasteiger partial charge in [-0.2, -0.15) is 0 Å². The molecule has 1 aliphatic heterocycles. The van der Waals surface area contributed by atoms with Crippen molar-refractivity contribution >= 4 is 11.8 Å². The molecule has 1 saturated carbocycles. The number of nitrogens with zero attached hydrogens (tertiary/aromatic N) is 2. The van der Waals surface area contributed by atoms with Gasteiger partial charge in [0.15, 0.2) is 0 Å². The smallest absolute Gasteiger partial charge is 0.225 e. The first-order chi connectivity index (χ1) is 11.4. The first-order valence-corrected chi connectivity index (χ1v) is 9.60. The van der Waals surface area contributed by atoms with E-state index in [-0.39, 0.29) is 29.2 Å². The average molecular weight is 338 g/mol. The molecular weight excluding hydrogens is 302 g/mol. The third kappa shape index (κ3) is 4.50. The summed E-state index contributed by atoms with van der Waals surface area (Å²) in [5, 5.41) is 3.21. The quantitative estimate of drug-likeness (QED) is 0.837. The predicted octanol–water partition coefficient (Wildman–Crippen LogP) is 2.26. The van der Waals surface area contributed by atoms with E-state index in [0.717, 1.165) is 38.8 Å². The molecule has 5 heteroatoms. The van der Waals surface area contributed by atoms with Gasteiger partial charge >= 0.3 is 0 Å². The molecule has 5 nitrogen and oxygen atoms in total. The maximum atomic E-state index is 12.7. The van der Waals surface area contributed by atoms with Crippen LogP contribution in [0.4, 0.5) is 0 Å². The molecule has 0 radical (unpaired) electrons. The van der Waals surface area contributed by atoms with E-state index in [4.69, 9.17) is 0 Å². The number of piperidine rings is 1. The number of hydrogen-bond acceptors (Lipinski definition) is 3. The first kappa shape index (κ1) is 19.2. The molecule has 2 rings (SSSR count). The van der Waals surface area contributed by atoms with Crippen molar-refractivity contribution in [1.29, 1.82) is 0 Å². The molecule has 2 amide bonds. The van der Waals surface area contributed by atoms with Crippen molar-refractivity contribution in [3.63, 3.8) is 0 Å². The average Bonchev–Trinajstić information content (AvgIpc) is 2.59. The fraction of sp³-hybridized carbons (Fsp3) is 0.895. The topological polar surface area (TPSA) is 52.7 Å². The van der Waals surface area contributed by atoms with E-state index < -0.39 is 0 Å². The van der Waals surface area contributed by atoms with Crippen LogP contribution in [0.2, 0.25) is 0 Å². The van der Waals surface area contributed by atoms with E-state index in [1.807, 2.05) is 18.7 Å². The number of carbonyl (C=O) groups excluding carboxylic acids is 2. The maximum absolute atomic E-state index is 12.7. The Morgan fingerprint density at radius 3 is 2.42 bits per heavy atom. The van der Waals surface area contributed by atoms with Crippen LogP contribution in [0.5, 0.6) is 0 Å². The molecule has 0 aromatic carbocycles. The second-order valence-electron chi connectivity index (χ2n) is 8.18. The lowest BCUT2D eigenvalue weighted by molar-refractivity contribution is -0.138. The van der Waals surface area contributed by atoms with Gasteiger partial charge in [-0.3, -0.25) is 9.59 Å². The Hall–Kier alpha value is -1.10. The lowest BCUT2D eigenvalue weighted by Crippen LogP contribution is -2.55. The van der Waals surface area contributed by atoms with Gasteiger partial charge in [0.2, 0.25) is 11.8 Å². The molecule has 1 aliphatic carbocycles. The standard InChI is InChI=1S/C19H35N3O2/c1-15(2)18(24)22-12-8-9-16(13-22)17(23)20-14-19(21(3)4)10-6-5-7-11-19/h15-16H,5-14H2,1-4H3,(H,20,23). The SMILES string of the molecule is CC(C)C(=O)N1CCCC(C(=O)NCC2(N(C)C)CCCCC2)C1. The van der Waals surface area contributed by atoms with Gasteiger partial charge in [0.25, 0.3) is 0 Å². The van der Waals surface area contributed by atoms with Crippen molar-refractivity contribution in [2.45, 2.75) is 64.3 Å². The highest BCUT2D eigenvalue weighted by Gasteiger charge is 2.36. The van der Waals surface area contributed by atoms with E-state index in [9.17, 15) is 9.59 Å². The Labute approximate surface area is 147 Å². The van der Waals surface area contributed by atoms with Crippen LogP contribution in [0.3, 0.4) is 0 Å². The van der Waals surface area contributed by atoms with Gasteiger partial charge in [0.05, 0.1) is 5.92 Å². The normalized spacial score (nSPS) is 24.2. The summed E-state index contributed by atoms with van der Waals surface area (Å²) in [6, 6.07) is 0. The van der Waals surface area contributed by atoms with Crippen LogP contribution in [0.25, 0.3) is 0 Å². The molecular formula is C19H35N3O2. The molecule has 1 saturated heterocycles. The summed E-state index contributed by atoms with van der Waals surface area (Å²) in [6.45, 7) is 5.96. The Balaban J connectivity index is 1.90. The predicted molar refractivity (Wildman–Crippen MR) is 96.7 cm³/mol. The van der Waals surface area contributed by atoms with Gasteiger partial charge < -0.3 is 15.1 Å². The Morgan fingerprint density at radius 2 is 1.83 bits per heavy atom. The summed E-state index contributed by atoms with van der Waals surface area (Å²) in [5.41, 5.74) is 0.107. The third-order valence-electron chi connectivity index (χ3n) is 5.92. The molecule has 2 fully saturated rings. The van der Waals surface area contributed by atoms with Gasteiger partial charge in [-0.15, -0.1) is 0 Å². The fourth-order valence-electron chi connectivity index (χ4n) is 4.14. The van der Waals surface area contributed by atoms with Crippen molar-refractivity contribution < 1.29 is 9.59 Å². The molecule has 1 unspecified atom stereocenters. The molecule has 0 aromatic heterocycles. The second-order valence-corrected chi connectivity index (χ2v) is 8.18. The molecule has 0 aromatic rings. The molecule has 138 valence electrons. The molecule has 0 spiro atoms. The zero-order valence-corrected chi connectivity index (χ0v) is 15.9. The maximum Gasteiger partial charge on any atom is 0.225 e. The summed E-state index contributed by atoms with van der Waals surface area (Å²) < 4.78 is 0. The highest BCUT2D eigenvalue weighted by molar-refractivity contribution is 5.82. The van der Waals surface area contributed by atoms with Gasteiger partial charge in [-0.25, -0.2) is 0 Å².